The van der Waals surface area contributed by atoms with E-state index in [0.29, 0.717) is 25.6 Å². The Bertz CT molecular complexity index is 407. The average molecular weight is 375 g/mol. The Labute approximate surface area is 155 Å². The molecule has 4 nitrogen and oxygen atoms in total. The molecule has 1 saturated carbocycles. The summed E-state index contributed by atoms with van der Waals surface area (Å²) in [7, 11) is -2.27. The number of ether oxygens (including phenoxy) is 2. The first-order valence-electron chi connectivity index (χ1n) is 10.3. The van der Waals surface area contributed by atoms with Gasteiger partial charge in [-0.25, -0.2) is 0 Å². The highest BCUT2D eigenvalue weighted by atomic mass is 31.1. The van der Waals surface area contributed by atoms with Crippen LogP contribution in [-0.2, 0) is 18.8 Å². The van der Waals surface area contributed by atoms with Gasteiger partial charge >= 0.3 is 5.97 Å². The second-order valence-electron chi connectivity index (χ2n) is 7.56. The fourth-order valence-corrected chi connectivity index (χ4v) is 6.23. The summed E-state index contributed by atoms with van der Waals surface area (Å²) in [4.78, 5) is 12.8. The molecule has 0 aliphatic heterocycles. The highest BCUT2D eigenvalue weighted by molar-refractivity contribution is 7.48. The fraction of sp³-hybridized carbons (Fsp3) is 0.950. The average Bonchev–Trinajstić information content (AvgIpc) is 2.61. The van der Waals surface area contributed by atoms with Crippen molar-refractivity contribution in [2.75, 3.05) is 13.2 Å². The standard InChI is InChI=1S/C20H39O4P/c1-5-8-10-15-18(23-6-2)25(22)20(4,19(21)24-7-3)16-17-13-11-9-12-14-17/h17-18,25H,5-16H2,1-4H3. The molecule has 0 aromatic heterocycles. The molecule has 0 aromatic rings. The molecule has 0 bridgehead atoms. The van der Waals surface area contributed by atoms with E-state index in [1.54, 1.807) is 0 Å². The van der Waals surface area contributed by atoms with Crippen LogP contribution < -0.4 is 0 Å². The highest BCUT2D eigenvalue weighted by Crippen LogP contribution is 2.51. The third-order valence-electron chi connectivity index (χ3n) is 5.42. The molecular formula is C20H39O4P. The van der Waals surface area contributed by atoms with E-state index in [9.17, 15) is 9.36 Å². The van der Waals surface area contributed by atoms with Gasteiger partial charge in [-0.2, -0.15) is 0 Å². The van der Waals surface area contributed by atoms with Gasteiger partial charge in [0.05, 0.1) is 6.61 Å². The Morgan fingerprint density at radius 1 is 1.12 bits per heavy atom. The molecule has 0 N–H and O–H groups in total. The Balaban J connectivity index is 2.92. The predicted octanol–water partition coefficient (Wildman–Crippen LogP) is 5.78. The van der Waals surface area contributed by atoms with Gasteiger partial charge in [0.2, 0.25) is 0 Å². The third kappa shape index (κ3) is 7.06. The van der Waals surface area contributed by atoms with Gasteiger partial charge in [-0.15, -0.1) is 0 Å². The van der Waals surface area contributed by atoms with E-state index in [1.807, 2.05) is 20.8 Å². The summed E-state index contributed by atoms with van der Waals surface area (Å²) in [6.45, 7) is 8.65. The van der Waals surface area contributed by atoms with E-state index in [4.69, 9.17) is 9.47 Å². The molecule has 0 saturated heterocycles. The number of rotatable bonds is 12. The van der Waals surface area contributed by atoms with Gasteiger partial charge in [0.1, 0.15) is 18.8 Å². The van der Waals surface area contributed by atoms with Crippen molar-refractivity contribution in [3.8, 4) is 0 Å². The summed E-state index contributed by atoms with van der Waals surface area (Å²) in [5, 5.41) is -0.894. The Morgan fingerprint density at radius 3 is 2.36 bits per heavy atom. The minimum Gasteiger partial charge on any atom is -0.465 e. The Hall–Kier alpha value is -0.340. The number of carbonyl (C=O) groups is 1. The lowest BCUT2D eigenvalue weighted by Gasteiger charge is -2.35. The molecule has 1 rings (SSSR count). The maximum absolute atomic E-state index is 13.5. The van der Waals surface area contributed by atoms with Crippen molar-refractivity contribution in [3.05, 3.63) is 0 Å². The molecule has 148 valence electrons. The summed E-state index contributed by atoms with van der Waals surface area (Å²) < 4.78 is 24.7. The molecule has 0 aromatic carbocycles. The van der Waals surface area contributed by atoms with Crippen molar-refractivity contribution < 1.29 is 18.8 Å². The number of carbonyl (C=O) groups excluding carboxylic acids is 1. The van der Waals surface area contributed by atoms with Crippen molar-refractivity contribution >= 4 is 13.8 Å². The quantitative estimate of drug-likeness (QED) is 0.247. The van der Waals surface area contributed by atoms with Crippen LogP contribution in [0.2, 0.25) is 0 Å². The molecule has 1 fully saturated rings. The molecule has 0 amide bonds. The molecule has 1 aliphatic carbocycles. The maximum Gasteiger partial charge on any atom is 0.319 e. The molecule has 0 spiro atoms. The van der Waals surface area contributed by atoms with Gasteiger partial charge in [0, 0.05) is 6.61 Å². The molecule has 0 heterocycles. The van der Waals surface area contributed by atoms with Gasteiger partial charge in [-0.1, -0.05) is 58.3 Å². The first kappa shape index (κ1) is 22.7. The monoisotopic (exact) mass is 374 g/mol. The highest BCUT2D eigenvalue weighted by Gasteiger charge is 2.45. The van der Waals surface area contributed by atoms with Crippen LogP contribution in [0, 0.1) is 5.92 Å². The number of hydrogen-bond acceptors (Lipinski definition) is 4. The molecular weight excluding hydrogens is 335 g/mol. The van der Waals surface area contributed by atoms with E-state index in [-0.39, 0.29) is 11.8 Å². The summed E-state index contributed by atoms with van der Waals surface area (Å²) in [5.74, 6) is -0.112. The lowest BCUT2D eigenvalue weighted by molar-refractivity contribution is -0.146. The van der Waals surface area contributed by atoms with Crippen molar-refractivity contribution in [3.63, 3.8) is 0 Å². The molecule has 3 unspecified atom stereocenters. The van der Waals surface area contributed by atoms with Crippen LogP contribution in [0.3, 0.4) is 0 Å². The lowest BCUT2D eigenvalue weighted by atomic mass is 9.83. The van der Waals surface area contributed by atoms with Crippen LogP contribution in [0.25, 0.3) is 0 Å². The SMILES string of the molecule is CCCCCC(OCC)[PH](=O)C(C)(CC1CCCCC1)C(=O)OCC. The first-order valence-corrected chi connectivity index (χ1v) is 11.8. The van der Waals surface area contributed by atoms with E-state index in [2.05, 4.69) is 6.92 Å². The first-order chi connectivity index (χ1) is 12.0. The van der Waals surface area contributed by atoms with Crippen molar-refractivity contribution in [2.24, 2.45) is 5.92 Å². The topological polar surface area (TPSA) is 52.6 Å². The van der Waals surface area contributed by atoms with Crippen LogP contribution >= 0.6 is 7.80 Å². The van der Waals surface area contributed by atoms with Crippen LogP contribution in [0.15, 0.2) is 0 Å². The Kier molecular flexibility index (Phi) is 11.0. The summed E-state index contributed by atoms with van der Waals surface area (Å²) in [6, 6.07) is 0. The van der Waals surface area contributed by atoms with E-state index >= 15 is 0 Å². The molecule has 3 atom stereocenters. The van der Waals surface area contributed by atoms with E-state index in [0.717, 1.165) is 38.5 Å². The van der Waals surface area contributed by atoms with Crippen molar-refractivity contribution in [2.45, 2.75) is 103 Å². The zero-order valence-electron chi connectivity index (χ0n) is 16.8. The molecule has 25 heavy (non-hydrogen) atoms. The van der Waals surface area contributed by atoms with Crippen LogP contribution in [-0.4, -0.2) is 30.2 Å². The molecule has 1 aliphatic rings. The Morgan fingerprint density at radius 2 is 1.80 bits per heavy atom. The van der Waals surface area contributed by atoms with Gasteiger partial charge in [0.25, 0.3) is 0 Å². The largest absolute Gasteiger partial charge is 0.465 e. The summed E-state index contributed by atoms with van der Waals surface area (Å²) in [6.07, 6.45) is 10.7. The number of esters is 1. The maximum atomic E-state index is 13.5. The minimum atomic E-state index is -2.27. The van der Waals surface area contributed by atoms with Crippen LogP contribution in [0.5, 0.6) is 0 Å². The molecule has 0 radical (unpaired) electrons. The summed E-state index contributed by atoms with van der Waals surface area (Å²) >= 11 is 0. The number of hydrogen-bond donors (Lipinski definition) is 0. The normalized spacial score (nSPS) is 20.6. The third-order valence-corrected chi connectivity index (χ3v) is 7.96. The van der Waals surface area contributed by atoms with Crippen LogP contribution in [0.4, 0.5) is 0 Å². The van der Waals surface area contributed by atoms with E-state index < -0.39 is 13.0 Å². The zero-order chi connectivity index (χ0) is 18.7. The lowest BCUT2D eigenvalue weighted by Crippen LogP contribution is -2.38. The summed E-state index contributed by atoms with van der Waals surface area (Å²) in [5.41, 5.74) is 0. The van der Waals surface area contributed by atoms with Crippen molar-refractivity contribution in [1.29, 1.82) is 0 Å². The molecule has 5 heteroatoms. The fourth-order valence-electron chi connectivity index (χ4n) is 3.97. The van der Waals surface area contributed by atoms with Gasteiger partial charge < -0.3 is 14.0 Å². The second-order valence-corrected chi connectivity index (χ2v) is 10.0. The van der Waals surface area contributed by atoms with Crippen LogP contribution in [0.1, 0.15) is 91.9 Å². The van der Waals surface area contributed by atoms with Gasteiger partial charge in [-0.05, 0) is 39.5 Å². The number of unbranched alkanes of at least 4 members (excludes halogenated alkanes) is 2. The van der Waals surface area contributed by atoms with E-state index in [1.165, 1.54) is 19.3 Å². The van der Waals surface area contributed by atoms with Gasteiger partial charge in [0.15, 0.2) is 0 Å². The van der Waals surface area contributed by atoms with Gasteiger partial charge in [-0.3, -0.25) is 4.79 Å². The minimum absolute atomic E-state index is 0.287. The van der Waals surface area contributed by atoms with Crippen molar-refractivity contribution in [1.82, 2.24) is 0 Å². The second kappa shape index (κ2) is 12.1. The predicted molar refractivity (Wildman–Crippen MR) is 105 cm³/mol. The smallest absolute Gasteiger partial charge is 0.319 e. The zero-order valence-corrected chi connectivity index (χ0v) is 17.8.